The van der Waals surface area contributed by atoms with E-state index in [9.17, 15) is 24.0 Å². The smallest absolute Gasteiger partial charge is 0.410 e. The highest BCUT2D eigenvalue weighted by Gasteiger charge is 2.42. The predicted octanol–water partition coefficient (Wildman–Crippen LogP) is 2.97. The second-order valence-electron chi connectivity index (χ2n) is 11.8. The Balaban J connectivity index is 1.34. The van der Waals surface area contributed by atoms with Crippen molar-refractivity contribution in [2.24, 2.45) is 5.73 Å². The minimum Gasteiger partial charge on any atom is -0.445 e. The largest absolute Gasteiger partial charge is 0.445 e. The summed E-state index contributed by atoms with van der Waals surface area (Å²) in [5.74, 6) is -1.27. The Bertz CT molecular complexity index is 1320. The third-order valence-corrected chi connectivity index (χ3v) is 8.31. The zero-order chi connectivity index (χ0) is 31.6. The van der Waals surface area contributed by atoms with Gasteiger partial charge in [-0.15, -0.1) is 0 Å². The number of nitrogens with one attached hydrogen (secondary N) is 2. The predicted molar refractivity (Wildman–Crippen MR) is 164 cm³/mol. The van der Waals surface area contributed by atoms with Crippen LogP contribution >= 0.6 is 0 Å². The standard InChI is InChI=1S/C33H43N5O6/c1-22(2)25-10-8-23(9-11-25)20-35-31(41)27(13-15-29(34)39)36-32(42)28-14-12-26-16-18-37(19-17-30(40)38(26)28)33(43)44-21-24-6-4-3-5-7-24/h3-11,22,26-28H,12-21H2,1-2H3,(H2,34,39)(H,35,41)(H,36,42)/t26?,27-,28?/m0/s1. The second kappa shape index (κ2) is 15.4. The van der Waals surface area contributed by atoms with Crippen LogP contribution in [0.3, 0.4) is 0 Å². The van der Waals surface area contributed by atoms with Crippen molar-refractivity contribution in [2.75, 3.05) is 13.1 Å². The fraction of sp³-hybridized carbons (Fsp3) is 0.485. The monoisotopic (exact) mass is 605 g/mol. The molecule has 0 aromatic heterocycles. The summed E-state index contributed by atoms with van der Waals surface area (Å²) in [4.78, 5) is 67.3. The number of carbonyl (C=O) groups is 5. The summed E-state index contributed by atoms with van der Waals surface area (Å²) in [6.45, 7) is 5.21. The van der Waals surface area contributed by atoms with Gasteiger partial charge in [-0.3, -0.25) is 19.2 Å². The van der Waals surface area contributed by atoms with Crippen LogP contribution in [-0.2, 0) is 37.1 Å². The highest BCUT2D eigenvalue weighted by Crippen LogP contribution is 2.29. The van der Waals surface area contributed by atoms with Gasteiger partial charge in [-0.05, 0) is 48.3 Å². The summed E-state index contributed by atoms with van der Waals surface area (Å²) in [6.07, 6.45) is 1.10. The molecule has 2 unspecified atom stereocenters. The van der Waals surface area contributed by atoms with Crippen LogP contribution in [-0.4, -0.2) is 70.7 Å². The number of hydrogen-bond acceptors (Lipinski definition) is 6. The molecular weight excluding hydrogens is 562 g/mol. The number of benzene rings is 2. The Kier molecular flexibility index (Phi) is 11.3. The normalized spacial score (nSPS) is 19.0. The van der Waals surface area contributed by atoms with Gasteiger partial charge < -0.3 is 30.9 Å². The molecule has 11 heteroatoms. The molecule has 11 nitrogen and oxygen atoms in total. The highest BCUT2D eigenvalue weighted by atomic mass is 16.6. The first-order valence-electron chi connectivity index (χ1n) is 15.3. The van der Waals surface area contributed by atoms with Gasteiger partial charge in [0.15, 0.2) is 0 Å². The lowest BCUT2D eigenvalue weighted by molar-refractivity contribution is -0.142. The molecule has 3 atom stereocenters. The molecule has 4 N–H and O–H groups in total. The van der Waals surface area contributed by atoms with Crippen LogP contribution in [0.5, 0.6) is 0 Å². The summed E-state index contributed by atoms with van der Waals surface area (Å²) in [5, 5.41) is 5.64. The van der Waals surface area contributed by atoms with Gasteiger partial charge >= 0.3 is 6.09 Å². The van der Waals surface area contributed by atoms with E-state index in [1.807, 2.05) is 54.6 Å². The second-order valence-corrected chi connectivity index (χ2v) is 11.8. The maximum atomic E-state index is 13.5. The lowest BCUT2D eigenvalue weighted by Gasteiger charge is -2.35. The van der Waals surface area contributed by atoms with Crippen molar-refractivity contribution >= 4 is 29.7 Å². The fourth-order valence-electron chi connectivity index (χ4n) is 5.73. The number of hydrogen-bond donors (Lipinski definition) is 3. The van der Waals surface area contributed by atoms with Crippen LogP contribution in [0, 0.1) is 0 Å². The molecule has 0 aliphatic carbocycles. The lowest BCUT2D eigenvalue weighted by atomic mass is 10.0. The summed E-state index contributed by atoms with van der Waals surface area (Å²) < 4.78 is 5.47. The van der Waals surface area contributed by atoms with Crippen molar-refractivity contribution in [1.29, 1.82) is 0 Å². The minimum absolute atomic E-state index is 0.0450. The molecule has 2 saturated heterocycles. The van der Waals surface area contributed by atoms with E-state index in [0.29, 0.717) is 31.7 Å². The molecular formula is C33H43N5O6. The number of amides is 5. The molecule has 0 radical (unpaired) electrons. The van der Waals surface area contributed by atoms with Crippen LogP contribution in [0.2, 0.25) is 0 Å². The molecule has 5 amide bonds. The van der Waals surface area contributed by atoms with Crippen molar-refractivity contribution in [3.8, 4) is 0 Å². The topological polar surface area (TPSA) is 151 Å². The average Bonchev–Trinajstić information content (AvgIpc) is 3.43. The maximum absolute atomic E-state index is 13.5. The Labute approximate surface area is 258 Å². The van der Waals surface area contributed by atoms with Gasteiger partial charge in [0.2, 0.25) is 23.6 Å². The van der Waals surface area contributed by atoms with Gasteiger partial charge in [0.05, 0.1) is 0 Å². The van der Waals surface area contributed by atoms with Crippen LogP contribution in [0.1, 0.15) is 75.0 Å². The van der Waals surface area contributed by atoms with Gasteiger partial charge in [0.25, 0.3) is 0 Å². The Morgan fingerprint density at radius 1 is 0.955 bits per heavy atom. The van der Waals surface area contributed by atoms with Crippen molar-refractivity contribution < 1.29 is 28.7 Å². The zero-order valence-electron chi connectivity index (χ0n) is 25.5. The van der Waals surface area contributed by atoms with Gasteiger partial charge in [-0.1, -0.05) is 68.4 Å². The quantitative estimate of drug-likeness (QED) is 0.358. The van der Waals surface area contributed by atoms with Gasteiger partial charge in [-0.2, -0.15) is 0 Å². The van der Waals surface area contributed by atoms with E-state index in [1.54, 1.807) is 9.80 Å². The maximum Gasteiger partial charge on any atom is 0.410 e. The van der Waals surface area contributed by atoms with Crippen LogP contribution in [0.4, 0.5) is 4.79 Å². The van der Waals surface area contributed by atoms with Crippen molar-refractivity contribution in [2.45, 2.75) is 89.6 Å². The third kappa shape index (κ3) is 8.81. The first kappa shape index (κ1) is 32.5. The van der Waals surface area contributed by atoms with Crippen LogP contribution in [0.15, 0.2) is 54.6 Å². The van der Waals surface area contributed by atoms with E-state index in [2.05, 4.69) is 24.5 Å². The number of carbonyl (C=O) groups excluding carboxylic acids is 5. The highest BCUT2D eigenvalue weighted by molar-refractivity contribution is 5.93. The molecule has 0 spiro atoms. The van der Waals surface area contributed by atoms with Crippen molar-refractivity contribution in [1.82, 2.24) is 20.4 Å². The molecule has 2 fully saturated rings. The van der Waals surface area contributed by atoms with E-state index in [1.165, 1.54) is 5.56 Å². The van der Waals surface area contributed by atoms with Crippen molar-refractivity contribution in [3.05, 3.63) is 71.3 Å². The van der Waals surface area contributed by atoms with Gasteiger partial charge in [0, 0.05) is 38.5 Å². The summed E-state index contributed by atoms with van der Waals surface area (Å²) in [5.41, 5.74) is 8.32. The first-order valence-corrected chi connectivity index (χ1v) is 15.3. The fourth-order valence-corrected chi connectivity index (χ4v) is 5.73. The zero-order valence-corrected chi connectivity index (χ0v) is 25.5. The van der Waals surface area contributed by atoms with E-state index < -0.39 is 35.9 Å². The van der Waals surface area contributed by atoms with Gasteiger partial charge in [0.1, 0.15) is 18.7 Å². The Morgan fingerprint density at radius 2 is 1.68 bits per heavy atom. The van der Waals surface area contributed by atoms with E-state index in [-0.39, 0.29) is 50.9 Å². The number of primary amides is 1. The SMILES string of the molecule is CC(C)c1ccc(CNC(=O)[C@H](CCC(N)=O)NC(=O)C2CCC3CCN(C(=O)OCc4ccccc4)CCC(=O)N32)cc1. The van der Waals surface area contributed by atoms with E-state index in [0.717, 1.165) is 11.1 Å². The van der Waals surface area contributed by atoms with Gasteiger partial charge in [-0.25, -0.2) is 4.79 Å². The number of rotatable bonds is 11. The molecule has 2 aromatic carbocycles. The molecule has 2 aliphatic heterocycles. The number of nitrogens with two attached hydrogens (primary N) is 1. The van der Waals surface area contributed by atoms with Crippen molar-refractivity contribution in [3.63, 3.8) is 0 Å². The third-order valence-electron chi connectivity index (χ3n) is 8.31. The molecule has 2 aromatic rings. The lowest BCUT2D eigenvalue weighted by Crippen LogP contribution is -2.55. The minimum atomic E-state index is -0.983. The number of nitrogens with zero attached hydrogens (tertiary/aromatic N) is 2. The van der Waals surface area contributed by atoms with Crippen LogP contribution < -0.4 is 16.4 Å². The van der Waals surface area contributed by atoms with E-state index >= 15 is 0 Å². The van der Waals surface area contributed by atoms with E-state index in [4.69, 9.17) is 10.5 Å². The first-order chi connectivity index (χ1) is 21.1. The molecule has 0 saturated carbocycles. The Hall–Kier alpha value is -4.41. The summed E-state index contributed by atoms with van der Waals surface area (Å²) in [7, 11) is 0. The number of fused-ring (bicyclic) bond motifs is 1. The Morgan fingerprint density at radius 3 is 2.36 bits per heavy atom. The molecule has 44 heavy (non-hydrogen) atoms. The molecule has 4 rings (SSSR count). The molecule has 0 bridgehead atoms. The average molecular weight is 606 g/mol. The molecule has 236 valence electrons. The number of ether oxygens (including phenoxy) is 1. The summed E-state index contributed by atoms with van der Waals surface area (Å²) in [6, 6.07) is 15.4. The van der Waals surface area contributed by atoms with Crippen LogP contribution in [0.25, 0.3) is 0 Å². The summed E-state index contributed by atoms with van der Waals surface area (Å²) >= 11 is 0. The molecule has 2 heterocycles. The molecule has 2 aliphatic rings.